The minimum absolute atomic E-state index is 0.256. The van der Waals surface area contributed by atoms with E-state index in [0.29, 0.717) is 22.6 Å². The number of aromatic nitrogens is 1. The molecule has 1 N–H and O–H groups in total. The minimum Gasteiger partial charge on any atom is -0.465 e. The minimum atomic E-state index is -0.439. The molecule has 3 aromatic rings. The Morgan fingerprint density at radius 2 is 1.96 bits per heavy atom. The molecule has 0 aliphatic rings. The summed E-state index contributed by atoms with van der Waals surface area (Å²) >= 11 is 1.56. The van der Waals surface area contributed by atoms with Crippen molar-refractivity contribution in [2.45, 2.75) is 6.54 Å². The van der Waals surface area contributed by atoms with E-state index in [1.54, 1.807) is 41.7 Å². The molecular weight excluding hydrogens is 328 g/mol. The molecular formula is C17H14N2O4S. The van der Waals surface area contributed by atoms with Gasteiger partial charge >= 0.3 is 5.97 Å². The molecule has 0 unspecified atom stereocenters. The van der Waals surface area contributed by atoms with E-state index in [1.807, 2.05) is 17.5 Å². The Kier molecular flexibility index (Phi) is 4.72. The fraction of sp³-hybridized carbons (Fsp3) is 0.118. The predicted octanol–water partition coefficient (Wildman–Crippen LogP) is 3.12. The zero-order chi connectivity index (χ0) is 16.9. The number of ether oxygens (including phenoxy) is 1. The van der Waals surface area contributed by atoms with E-state index >= 15 is 0 Å². The SMILES string of the molecule is COC(=O)c1ccc(C(=O)NCc2cc(-c3cccs3)on2)cc1. The second-order valence-electron chi connectivity index (χ2n) is 4.91. The fourth-order valence-corrected chi connectivity index (χ4v) is 2.75. The van der Waals surface area contributed by atoms with Crippen LogP contribution >= 0.6 is 11.3 Å². The second kappa shape index (κ2) is 7.10. The van der Waals surface area contributed by atoms with Crippen molar-refractivity contribution in [3.8, 4) is 10.6 Å². The number of hydrogen-bond donors (Lipinski definition) is 1. The monoisotopic (exact) mass is 342 g/mol. The first-order chi connectivity index (χ1) is 11.7. The highest BCUT2D eigenvalue weighted by Gasteiger charge is 2.11. The number of carbonyl (C=O) groups is 2. The number of methoxy groups -OCH3 is 1. The summed E-state index contributed by atoms with van der Waals surface area (Å²) in [6, 6.07) is 11.9. The Morgan fingerprint density at radius 3 is 2.62 bits per heavy atom. The van der Waals surface area contributed by atoms with E-state index in [1.165, 1.54) is 7.11 Å². The van der Waals surface area contributed by atoms with E-state index in [0.717, 1.165) is 4.88 Å². The molecule has 1 amide bonds. The first-order valence-electron chi connectivity index (χ1n) is 7.13. The number of thiophene rings is 1. The molecule has 122 valence electrons. The summed E-state index contributed by atoms with van der Waals surface area (Å²) in [6.07, 6.45) is 0. The van der Waals surface area contributed by atoms with Crippen molar-refractivity contribution in [3.05, 3.63) is 64.7 Å². The van der Waals surface area contributed by atoms with Crippen LogP contribution in [0.2, 0.25) is 0 Å². The summed E-state index contributed by atoms with van der Waals surface area (Å²) in [7, 11) is 1.31. The van der Waals surface area contributed by atoms with Gasteiger partial charge in [0.2, 0.25) is 0 Å². The third-order valence-electron chi connectivity index (χ3n) is 3.32. The van der Waals surface area contributed by atoms with Gasteiger partial charge in [-0.3, -0.25) is 4.79 Å². The van der Waals surface area contributed by atoms with Crippen LogP contribution in [0.4, 0.5) is 0 Å². The molecule has 0 aliphatic carbocycles. The topological polar surface area (TPSA) is 81.4 Å². The van der Waals surface area contributed by atoms with Crippen LogP contribution in [0.15, 0.2) is 52.4 Å². The number of benzene rings is 1. The predicted molar refractivity (Wildman–Crippen MR) is 88.8 cm³/mol. The quantitative estimate of drug-likeness (QED) is 0.721. The maximum absolute atomic E-state index is 12.1. The van der Waals surface area contributed by atoms with Crippen LogP contribution < -0.4 is 5.32 Å². The molecule has 2 aromatic heterocycles. The van der Waals surface area contributed by atoms with Crippen molar-refractivity contribution in [2.75, 3.05) is 7.11 Å². The molecule has 0 saturated heterocycles. The molecule has 0 bridgehead atoms. The zero-order valence-corrected chi connectivity index (χ0v) is 13.6. The molecule has 1 aromatic carbocycles. The van der Waals surface area contributed by atoms with E-state index in [9.17, 15) is 9.59 Å². The summed E-state index contributed by atoms with van der Waals surface area (Å²) in [5, 5.41) is 8.66. The van der Waals surface area contributed by atoms with Gasteiger partial charge in [0.1, 0.15) is 5.69 Å². The largest absolute Gasteiger partial charge is 0.465 e. The van der Waals surface area contributed by atoms with Gasteiger partial charge in [-0.05, 0) is 35.7 Å². The average molecular weight is 342 g/mol. The van der Waals surface area contributed by atoms with Crippen molar-refractivity contribution in [2.24, 2.45) is 0 Å². The third kappa shape index (κ3) is 3.52. The highest BCUT2D eigenvalue weighted by molar-refractivity contribution is 7.13. The second-order valence-corrected chi connectivity index (χ2v) is 5.86. The summed E-state index contributed by atoms with van der Waals surface area (Å²) in [5.74, 6) is -0.0190. The van der Waals surface area contributed by atoms with Crippen molar-refractivity contribution in [1.29, 1.82) is 0 Å². The molecule has 2 heterocycles. The highest BCUT2D eigenvalue weighted by Crippen LogP contribution is 2.25. The van der Waals surface area contributed by atoms with Crippen LogP contribution in [-0.4, -0.2) is 24.1 Å². The molecule has 0 atom stereocenters. The molecule has 3 rings (SSSR count). The van der Waals surface area contributed by atoms with E-state index in [4.69, 9.17) is 4.52 Å². The summed E-state index contributed by atoms with van der Waals surface area (Å²) < 4.78 is 9.88. The van der Waals surface area contributed by atoms with Gasteiger partial charge in [-0.25, -0.2) is 4.79 Å². The zero-order valence-electron chi connectivity index (χ0n) is 12.8. The summed E-state index contributed by atoms with van der Waals surface area (Å²) in [4.78, 5) is 24.5. The number of amides is 1. The van der Waals surface area contributed by atoms with Crippen molar-refractivity contribution >= 4 is 23.2 Å². The molecule has 0 aliphatic heterocycles. The average Bonchev–Trinajstić information content (AvgIpc) is 3.30. The number of esters is 1. The molecule has 0 saturated carbocycles. The van der Waals surface area contributed by atoms with Crippen LogP contribution in [0, 0.1) is 0 Å². The van der Waals surface area contributed by atoms with E-state index in [-0.39, 0.29) is 12.5 Å². The van der Waals surface area contributed by atoms with Gasteiger partial charge in [0, 0.05) is 11.6 Å². The van der Waals surface area contributed by atoms with Gasteiger partial charge < -0.3 is 14.6 Å². The highest BCUT2D eigenvalue weighted by atomic mass is 32.1. The van der Waals surface area contributed by atoms with Gasteiger partial charge in [-0.1, -0.05) is 11.2 Å². The Balaban J connectivity index is 1.60. The number of nitrogens with zero attached hydrogens (tertiary/aromatic N) is 1. The fourth-order valence-electron chi connectivity index (χ4n) is 2.08. The van der Waals surface area contributed by atoms with Crippen molar-refractivity contribution < 1.29 is 18.8 Å². The van der Waals surface area contributed by atoms with Crippen molar-refractivity contribution in [1.82, 2.24) is 10.5 Å². The number of hydrogen-bond acceptors (Lipinski definition) is 6. The first-order valence-corrected chi connectivity index (χ1v) is 8.01. The van der Waals surface area contributed by atoms with Gasteiger partial charge in [0.25, 0.3) is 5.91 Å². The smallest absolute Gasteiger partial charge is 0.337 e. The Morgan fingerprint density at radius 1 is 1.21 bits per heavy atom. The molecule has 7 heteroatoms. The third-order valence-corrected chi connectivity index (χ3v) is 4.21. The number of rotatable bonds is 5. The van der Waals surface area contributed by atoms with Gasteiger partial charge in [0.05, 0.1) is 24.1 Å². The molecule has 0 fully saturated rings. The molecule has 0 radical (unpaired) electrons. The Hall–Kier alpha value is -2.93. The van der Waals surface area contributed by atoms with Crippen LogP contribution in [0.25, 0.3) is 10.6 Å². The lowest BCUT2D eigenvalue weighted by Crippen LogP contribution is -2.23. The van der Waals surface area contributed by atoms with Crippen molar-refractivity contribution in [3.63, 3.8) is 0 Å². The van der Waals surface area contributed by atoms with Gasteiger partial charge in [0.15, 0.2) is 5.76 Å². The van der Waals surface area contributed by atoms with Gasteiger partial charge in [-0.2, -0.15) is 0 Å². The van der Waals surface area contributed by atoms with E-state index < -0.39 is 5.97 Å². The van der Waals surface area contributed by atoms with Crippen LogP contribution in [0.1, 0.15) is 26.4 Å². The Labute approximate surface area is 142 Å². The lowest BCUT2D eigenvalue weighted by Gasteiger charge is -2.04. The number of nitrogens with one attached hydrogen (secondary N) is 1. The van der Waals surface area contributed by atoms with Crippen LogP contribution in [-0.2, 0) is 11.3 Å². The van der Waals surface area contributed by atoms with Gasteiger partial charge in [-0.15, -0.1) is 11.3 Å². The first kappa shape index (κ1) is 15.9. The van der Waals surface area contributed by atoms with Crippen LogP contribution in [0.3, 0.4) is 0 Å². The van der Waals surface area contributed by atoms with Crippen LogP contribution in [0.5, 0.6) is 0 Å². The normalized spacial score (nSPS) is 10.4. The molecule has 6 nitrogen and oxygen atoms in total. The summed E-state index contributed by atoms with van der Waals surface area (Å²) in [5.41, 5.74) is 1.48. The molecule has 0 spiro atoms. The standard InChI is InChI=1S/C17H14N2O4S/c1-22-17(21)12-6-4-11(5-7-12)16(20)18-10-13-9-14(23-19-13)15-3-2-8-24-15/h2-9H,10H2,1H3,(H,18,20). The summed E-state index contributed by atoms with van der Waals surface area (Å²) in [6.45, 7) is 0.256. The lowest BCUT2D eigenvalue weighted by molar-refractivity contribution is 0.0600. The number of carbonyl (C=O) groups excluding carboxylic acids is 2. The lowest BCUT2D eigenvalue weighted by atomic mass is 10.1. The van der Waals surface area contributed by atoms with E-state index in [2.05, 4.69) is 15.2 Å². The Bertz CT molecular complexity index is 838. The maximum atomic E-state index is 12.1. The maximum Gasteiger partial charge on any atom is 0.337 e. The molecule has 24 heavy (non-hydrogen) atoms.